The Hall–Kier alpha value is -1.65. The molecule has 0 aromatic carbocycles. The predicted octanol–water partition coefficient (Wildman–Crippen LogP) is 3.75. The fourth-order valence-corrected chi connectivity index (χ4v) is 3.65. The number of hydrogen-bond donors (Lipinski definition) is 0. The molecule has 0 saturated heterocycles. The summed E-state index contributed by atoms with van der Waals surface area (Å²) in [6, 6.07) is 0. The van der Waals surface area contributed by atoms with Crippen molar-refractivity contribution in [3.8, 4) is 0 Å². The van der Waals surface area contributed by atoms with Gasteiger partial charge in [0.2, 0.25) is 0 Å². The molecule has 5 nitrogen and oxygen atoms in total. The molecule has 0 radical (unpaired) electrons. The number of ether oxygens (including phenoxy) is 2. The molecule has 1 unspecified atom stereocenters. The normalized spacial score (nSPS) is 23.3. The van der Waals surface area contributed by atoms with Crippen molar-refractivity contribution in [2.75, 3.05) is 0 Å². The average molecular weight is 350 g/mol. The number of hydrogen-bond acceptors (Lipinski definition) is 5. The van der Waals surface area contributed by atoms with Crippen LogP contribution in [0.2, 0.25) is 0 Å². The molecule has 1 saturated carbocycles. The Morgan fingerprint density at radius 2 is 1.48 bits per heavy atom. The summed E-state index contributed by atoms with van der Waals surface area (Å²) in [6.45, 7) is 12.5. The van der Waals surface area contributed by atoms with Crippen LogP contribution in [0.3, 0.4) is 0 Å². The first kappa shape index (κ1) is 19.7. The van der Waals surface area contributed by atoms with E-state index in [0.717, 1.165) is 11.1 Å². The summed E-state index contributed by atoms with van der Waals surface area (Å²) in [5.41, 5.74) is -0.827. The molecular formula is C20H30O5. The van der Waals surface area contributed by atoms with Gasteiger partial charge in [-0.2, -0.15) is 0 Å². The number of allylic oxidation sites excluding steroid dienone is 2. The first-order valence-corrected chi connectivity index (χ1v) is 8.95. The third-order valence-electron chi connectivity index (χ3n) is 4.82. The summed E-state index contributed by atoms with van der Waals surface area (Å²) < 4.78 is 11.2. The maximum absolute atomic E-state index is 13.0. The minimum atomic E-state index is -1.33. The number of ketones is 1. The summed E-state index contributed by atoms with van der Waals surface area (Å²) in [4.78, 5) is 38.0. The smallest absolute Gasteiger partial charge is 0.324 e. The zero-order valence-corrected chi connectivity index (χ0v) is 16.4. The van der Waals surface area contributed by atoms with Gasteiger partial charge >= 0.3 is 11.9 Å². The Kier molecular flexibility index (Phi) is 4.92. The second kappa shape index (κ2) is 6.26. The van der Waals surface area contributed by atoms with Crippen LogP contribution in [0.25, 0.3) is 0 Å². The van der Waals surface area contributed by atoms with Gasteiger partial charge in [-0.15, -0.1) is 0 Å². The van der Waals surface area contributed by atoms with E-state index >= 15 is 0 Å². The fourth-order valence-electron chi connectivity index (χ4n) is 3.65. The minimum absolute atomic E-state index is 0.0683. The van der Waals surface area contributed by atoms with Crippen LogP contribution in [0, 0.1) is 11.3 Å². The van der Waals surface area contributed by atoms with Crippen molar-refractivity contribution in [1.29, 1.82) is 0 Å². The third-order valence-corrected chi connectivity index (χ3v) is 4.82. The maximum Gasteiger partial charge on any atom is 0.324 e. The molecule has 140 valence electrons. The number of carbonyl (C=O) groups is 3. The zero-order valence-electron chi connectivity index (χ0n) is 16.4. The molecule has 0 bridgehead atoms. The van der Waals surface area contributed by atoms with Crippen molar-refractivity contribution in [3.05, 3.63) is 11.1 Å². The van der Waals surface area contributed by atoms with Crippen LogP contribution in [0.4, 0.5) is 0 Å². The molecule has 25 heavy (non-hydrogen) atoms. The van der Waals surface area contributed by atoms with Crippen LogP contribution in [-0.2, 0) is 23.9 Å². The molecule has 0 heterocycles. The Labute approximate surface area is 150 Å². The van der Waals surface area contributed by atoms with Gasteiger partial charge in [0.25, 0.3) is 0 Å². The predicted molar refractivity (Wildman–Crippen MR) is 93.8 cm³/mol. The van der Waals surface area contributed by atoms with E-state index in [1.165, 1.54) is 0 Å². The van der Waals surface area contributed by atoms with Crippen LogP contribution < -0.4 is 0 Å². The molecule has 0 aromatic heterocycles. The van der Waals surface area contributed by atoms with Crippen molar-refractivity contribution < 1.29 is 23.9 Å². The average Bonchev–Trinajstić information content (AvgIpc) is 2.69. The molecular weight excluding hydrogens is 320 g/mol. The number of esters is 2. The summed E-state index contributed by atoms with van der Waals surface area (Å²) in [5, 5.41) is 0. The molecule has 1 fully saturated rings. The number of rotatable bonds is 2. The van der Waals surface area contributed by atoms with Gasteiger partial charge in [-0.1, -0.05) is 5.57 Å². The molecule has 5 heteroatoms. The second-order valence-electron chi connectivity index (χ2n) is 9.26. The highest BCUT2D eigenvalue weighted by Gasteiger charge is 2.55. The van der Waals surface area contributed by atoms with E-state index in [2.05, 4.69) is 0 Å². The van der Waals surface area contributed by atoms with Gasteiger partial charge in [0, 0.05) is 6.42 Å². The summed E-state index contributed by atoms with van der Waals surface area (Å²) in [7, 11) is 0. The molecule has 1 atom stereocenters. The van der Waals surface area contributed by atoms with Crippen LogP contribution in [0.5, 0.6) is 0 Å². The minimum Gasteiger partial charge on any atom is -0.459 e. The van der Waals surface area contributed by atoms with E-state index in [4.69, 9.17) is 9.47 Å². The quantitative estimate of drug-likeness (QED) is 0.560. The molecule has 0 spiro atoms. The topological polar surface area (TPSA) is 69.7 Å². The standard InChI is InChI=1S/C20H30O5/c1-12-14-8-9-20(11-13(14)10-15(12)21,16(22)24-18(2,3)4)17(23)25-19(5,6)7/h13H,8-11H2,1-7H3. The van der Waals surface area contributed by atoms with E-state index in [-0.39, 0.29) is 18.1 Å². The van der Waals surface area contributed by atoms with Crippen molar-refractivity contribution in [1.82, 2.24) is 0 Å². The van der Waals surface area contributed by atoms with Gasteiger partial charge < -0.3 is 9.47 Å². The lowest BCUT2D eigenvalue weighted by Gasteiger charge is -2.39. The van der Waals surface area contributed by atoms with Crippen molar-refractivity contribution in [2.45, 2.75) is 85.4 Å². The second-order valence-corrected chi connectivity index (χ2v) is 9.26. The van der Waals surface area contributed by atoms with Gasteiger partial charge in [-0.25, -0.2) is 0 Å². The van der Waals surface area contributed by atoms with Gasteiger partial charge in [0.15, 0.2) is 11.2 Å². The van der Waals surface area contributed by atoms with Gasteiger partial charge in [-0.05, 0) is 79.2 Å². The maximum atomic E-state index is 13.0. The lowest BCUT2D eigenvalue weighted by molar-refractivity contribution is -0.188. The molecule has 0 N–H and O–H groups in total. The van der Waals surface area contributed by atoms with Crippen LogP contribution >= 0.6 is 0 Å². The van der Waals surface area contributed by atoms with E-state index in [0.29, 0.717) is 19.3 Å². The highest BCUT2D eigenvalue weighted by molar-refractivity contribution is 6.02. The van der Waals surface area contributed by atoms with Crippen molar-refractivity contribution >= 4 is 17.7 Å². The lowest BCUT2D eigenvalue weighted by atomic mass is 9.67. The zero-order chi connectivity index (χ0) is 19.2. The molecule has 2 rings (SSSR count). The molecule has 2 aliphatic rings. The van der Waals surface area contributed by atoms with E-state index in [9.17, 15) is 14.4 Å². The Balaban J connectivity index is 2.36. The SMILES string of the molecule is CC1=C2CCC(C(=O)OC(C)(C)C)(C(=O)OC(C)(C)C)CC2CC1=O. The summed E-state index contributed by atoms with van der Waals surface area (Å²) in [6.07, 6.45) is 1.54. The first-order chi connectivity index (χ1) is 11.3. The van der Waals surface area contributed by atoms with Crippen LogP contribution in [0.15, 0.2) is 11.1 Å². The third kappa shape index (κ3) is 4.13. The monoisotopic (exact) mass is 350 g/mol. The lowest BCUT2D eigenvalue weighted by Crippen LogP contribution is -2.49. The van der Waals surface area contributed by atoms with Crippen LogP contribution in [-0.4, -0.2) is 28.9 Å². The molecule has 0 aliphatic heterocycles. The Morgan fingerprint density at radius 3 is 1.92 bits per heavy atom. The number of carbonyl (C=O) groups excluding carboxylic acids is 3. The largest absolute Gasteiger partial charge is 0.459 e. The number of Topliss-reactive ketones (excluding diaryl/α,β-unsaturated/α-hetero) is 1. The van der Waals surface area contributed by atoms with E-state index in [1.54, 1.807) is 41.5 Å². The fraction of sp³-hybridized carbons (Fsp3) is 0.750. The number of fused-ring (bicyclic) bond motifs is 1. The van der Waals surface area contributed by atoms with Crippen molar-refractivity contribution in [3.63, 3.8) is 0 Å². The highest BCUT2D eigenvalue weighted by atomic mass is 16.6. The summed E-state index contributed by atoms with van der Waals surface area (Å²) in [5.74, 6) is -1.03. The van der Waals surface area contributed by atoms with E-state index < -0.39 is 28.6 Å². The van der Waals surface area contributed by atoms with E-state index in [1.807, 2.05) is 6.92 Å². The van der Waals surface area contributed by atoms with Gasteiger partial charge in [-0.3, -0.25) is 14.4 Å². The van der Waals surface area contributed by atoms with Crippen molar-refractivity contribution in [2.24, 2.45) is 11.3 Å². The molecule has 0 amide bonds. The summed E-state index contributed by atoms with van der Waals surface area (Å²) >= 11 is 0. The Bertz CT molecular complexity index is 599. The highest BCUT2D eigenvalue weighted by Crippen LogP contribution is 2.50. The Morgan fingerprint density at radius 1 is 1.00 bits per heavy atom. The first-order valence-electron chi connectivity index (χ1n) is 8.95. The van der Waals surface area contributed by atoms with Gasteiger partial charge in [0.05, 0.1) is 0 Å². The van der Waals surface area contributed by atoms with Crippen LogP contribution in [0.1, 0.15) is 74.1 Å². The molecule has 2 aliphatic carbocycles. The molecule has 0 aromatic rings. The van der Waals surface area contributed by atoms with Gasteiger partial charge in [0.1, 0.15) is 11.2 Å².